The van der Waals surface area contributed by atoms with Gasteiger partial charge in [-0.2, -0.15) is 0 Å². The normalized spacial score (nSPS) is 18.5. The van der Waals surface area contributed by atoms with Crippen LogP contribution in [0.2, 0.25) is 0 Å². The molecule has 1 aliphatic rings. The van der Waals surface area contributed by atoms with Crippen molar-refractivity contribution in [3.8, 4) is 0 Å². The minimum Gasteiger partial charge on any atom is -0.393 e. The van der Waals surface area contributed by atoms with Crippen LogP contribution in [0.3, 0.4) is 0 Å². The van der Waals surface area contributed by atoms with Gasteiger partial charge in [-0.15, -0.1) is 0 Å². The topological polar surface area (TPSA) is 20.2 Å². The number of halogens is 1. The zero-order valence-corrected chi connectivity index (χ0v) is 12.4. The summed E-state index contributed by atoms with van der Waals surface area (Å²) in [6.45, 7) is 0. The van der Waals surface area contributed by atoms with Gasteiger partial charge >= 0.3 is 0 Å². The van der Waals surface area contributed by atoms with E-state index in [1.807, 2.05) is 0 Å². The Morgan fingerprint density at radius 2 is 1.82 bits per heavy atom. The quantitative estimate of drug-likeness (QED) is 0.795. The number of benzene rings is 1. The summed E-state index contributed by atoms with van der Waals surface area (Å²) in [5.41, 5.74) is 1.25. The van der Waals surface area contributed by atoms with Crippen LogP contribution in [-0.2, 0) is 6.42 Å². The highest BCUT2D eigenvalue weighted by atomic mass is 127. The zero-order valence-electron chi connectivity index (χ0n) is 10.2. The van der Waals surface area contributed by atoms with E-state index in [1.165, 1.54) is 41.2 Å². The Hall–Kier alpha value is -0.0900. The number of rotatable bonds is 5. The van der Waals surface area contributed by atoms with Gasteiger partial charge in [0.2, 0.25) is 0 Å². The van der Waals surface area contributed by atoms with Crippen LogP contribution >= 0.6 is 22.6 Å². The van der Waals surface area contributed by atoms with E-state index in [-0.39, 0.29) is 6.10 Å². The van der Waals surface area contributed by atoms with Gasteiger partial charge in [0, 0.05) is 3.57 Å². The largest absolute Gasteiger partial charge is 0.393 e. The predicted molar refractivity (Wildman–Crippen MR) is 80.1 cm³/mol. The molecule has 0 amide bonds. The summed E-state index contributed by atoms with van der Waals surface area (Å²) in [5, 5.41) is 10.0. The molecule has 1 aromatic rings. The van der Waals surface area contributed by atoms with E-state index in [1.54, 1.807) is 0 Å². The third-order valence-corrected chi connectivity index (χ3v) is 4.49. The van der Waals surface area contributed by atoms with Gasteiger partial charge in [-0.1, -0.05) is 37.8 Å². The average molecular weight is 344 g/mol. The van der Waals surface area contributed by atoms with Gasteiger partial charge in [-0.3, -0.25) is 0 Å². The molecule has 17 heavy (non-hydrogen) atoms. The number of hydrogen-bond donors (Lipinski definition) is 1. The number of aliphatic hydroxyl groups excluding tert-OH is 1. The van der Waals surface area contributed by atoms with E-state index in [9.17, 15) is 5.11 Å². The van der Waals surface area contributed by atoms with Gasteiger partial charge in [0.1, 0.15) is 0 Å². The third kappa shape index (κ3) is 4.59. The summed E-state index contributed by atoms with van der Waals surface area (Å²) in [4.78, 5) is 0. The second kappa shape index (κ2) is 6.74. The Labute approximate surface area is 118 Å². The first kappa shape index (κ1) is 13.3. The molecule has 1 atom stereocenters. The van der Waals surface area contributed by atoms with Gasteiger partial charge in [0.05, 0.1) is 6.10 Å². The van der Waals surface area contributed by atoms with E-state index < -0.39 is 0 Å². The van der Waals surface area contributed by atoms with Crippen molar-refractivity contribution in [2.45, 2.75) is 51.0 Å². The highest BCUT2D eigenvalue weighted by molar-refractivity contribution is 14.1. The van der Waals surface area contributed by atoms with Gasteiger partial charge in [-0.25, -0.2) is 0 Å². The van der Waals surface area contributed by atoms with Crippen LogP contribution in [0.5, 0.6) is 0 Å². The van der Waals surface area contributed by atoms with E-state index in [0.29, 0.717) is 0 Å². The van der Waals surface area contributed by atoms with Crippen LogP contribution in [0.4, 0.5) is 0 Å². The number of hydrogen-bond acceptors (Lipinski definition) is 1. The molecule has 1 unspecified atom stereocenters. The highest BCUT2D eigenvalue weighted by Gasteiger charge is 2.16. The van der Waals surface area contributed by atoms with Crippen molar-refractivity contribution >= 4 is 22.6 Å². The molecular formula is C15H21IO. The van der Waals surface area contributed by atoms with Crippen molar-refractivity contribution in [1.82, 2.24) is 0 Å². The van der Waals surface area contributed by atoms with Gasteiger partial charge in [0.25, 0.3) is 0 Å². The molecule has 0 radical (unpaired) electrons. The lowest BCUT2D eigenvalue weighted by Crippen LogP contribution is -2.12. The van der Waals surface area contributed by atoms with Crippen molar-refractivity contribution in [2.75, 3.05) is 0 Å². The lowest BCUT2D eigenvalue weighted by atomic mass is 9.97. The molecular weight excluding hydrogens is 323 g/mol. The maximum atomic E-state index is 10.0. The van der Waals surface area contributed by atoms with Crippen molar-refractivity contribution in [3.05, 3.63) is 33.4 Å². The average Bonchev–Trinajstić information content (AvgIpc) is 2.83. The standard InChI is InChI=1S/C15H21IO/c16-14-8-5-13(6-9-14)11-15(17)10-7-12-3-1-2-4-12/h5-6,8-9,12,15,17H,1-4,7,10-11H2. The summed E-state index contributed by atoms with van der Waals surface area (Å²) in [7, 11) is 0. The monoisotopic (exact) mass is 344 g/mol. The van der Waals surface area contributed by atoms with Gasteiger partial charge < -0.3 is 5.11 Å². The molecule has 2 heteroatoms. The minimum absolute atomic E-state index is 0.157. The molecule has 0 saturated heterocycles. The number of aliphatic hydroxyl groups is 1. The Balaban J connectivity index is 1.72. The Kier molecular flexibility index (Phi) is 5.29. The molecule has 1 N–H and O–H groups in total. The fraction of sp³-hybridized carbons (Fsp3) is 0.600. The van der Waals surface area contributed by atoms with Crippen LogP contribution in [0.25, 0.3) is 0 Å². The molecule has 0 bridgehead atoms. The van der Waals surface area contributed by atoms with Crippen LogP contribution in [0, 0.1) is 9.49 Å². The second-order valence-corrected chi connectivity index (χ2v) is 6.46. The summed E-state index contributed by atoms with van der Waals surface area (Å²) in [6, 6.07) is 8.47. The van der Waals surface area contributed by atoms with Crippen molar-refractivity contribution in [2.24, 2.45) is 5.92 Å². The predicted octanol–water partition coefficient (Wildman–Crippen LogP) is 4.17. The van der Waals surface area contributed by atoms with E-state index in [2.05, 4.69) is 46.9 Å². The fourth-order valence-electron chi connectivity index (χ4n) is 2.72. The molecule has 94 valence electrons. The van der Waals surface area contributed by atoms with Crippen molar-refractivity contribution < 1.29 is 5.11 Å². The molecule has 1 saturated carbocycles. The molecule has 1 fully saturated rings. The molecule has 1 aromatic carbocycles. The van der Waals surface area contributed by atoms with Gasteiger partial charge in [0.15, 0.2) is 0 Å². The van der Waals surface area contributed by atoms with Crippen LogP contribution in [0.1, 0.15) is 44.1 Å². The Morgan fingerprint density at radius 1 is 1.18 bits per heavy atom. The first-order valence-electron chi connectivity index (χ1n) is 6.66. The molecule has 0 aliphatic heterocycles. The molecule has 1 aliphatic carbocycles. The van der Waals surface area contributed by atoms with Gasteiger partial charge in [-0.05, 0) is 65.5 Å². The van der Waals surface area contributed by atoms with Crippen LogP contribution in [-0.4, -0.2) is 11.2 Å². The zero-order chi connectivity index (χ0) is 12.1. The Morgan fingerprint density at radius 3 is 2.47 bits per heavy atom. The molecule has 0 spiro atoms. The summed E-state index contributed by atoms with van der Waals surface area (Å²) in [5.74, 6) is 0.890. The lowest BCUT2D eigenvalue weighted by molar-refractivity contribution is 0.155. The van der Waals surface area contributed by atoms with Crippen LogP contribution < -0.4 is 0 Å². The first-order valence-corrected chi connectivity index (χ1v) is 7.74. The third-order valence-electron chi connectivity index (χ3n) is 3.77. The van der Waals surface area contributed by atoms with Crippen molar-refractivity contribution in [3.63, 3.8) is 0 Å². The molecule has 1 nitrogen and oxygen atoms in total. The first-order chi connectivity index (χ1) is 8.24. The van der Waals surface area contributed by atoms with E-state index in [4.69, 9.17) is 0 Å². The molecule has 0 aromatic heterocycles. The molecule has 2 rings (SSSR count). The SMILES string of the molecule is OC(CCC1CCCC1)Cc1ccc(I)cc1. The Bertz CT molecular complexity index is 327. The lowest BCUT2D eigenvalue weighted by Gasteiger charge is -2.14. The van der Waals surface area contributed by atoms with Crippen LogP contribution in [0.15, 0.2) is 24.3 Å². The smallest absolute Gasteiger partial charge is 0.0580 e. The maximum absolute atomic E-state index is 10.0. The van der Waals surface area contributed by atoms with E-state index >= 15 is 0 Å². The minimum atomic E-state index is -0.157. The maximum Gasteiger partial charge on any atom is 0.0580 e. The summed E-state index contributed by atoms with van der Waals surface area (Å²) >= 11 is 2.31. The van der Waals surface area contributed by atoms with Crippen molar-refractivity contribution in [1.29, 1.82) is 0 Å². The van der Waals surface area contributed by atoms with E-state index in [0.717, 1.165) is 18.8 Å². The highest BCUT2D eigenvalue weighted by Crippen LogP contribution is 2.29. The fourth-order valence-corrected chi connectivity index (χ4v) is 3.08. The summed E-state index contributed by atoms with van der Waals surface area (Å²) in [6.07, 6.45) is 8.41. The summed E-state index contributed by atoms with van der Waals surface area (Å²) < 4.78 is 1.26. The molecule has 0 heterocycles. The second-order valence-electron chi connectivity index (χ2n) is 5.21.